The maximum atomic E-state index is 3.51. The fourth-order valence-corrected chi connectivity index (χ4v) is 2.56. The van der Waals surface area contributed by atoms with E-state index in [9.17, 15) is 0 Å². The lowest BCUT2D eigenvalue weighted by molar-refractivity contribution is 0.687. The van der Waals surface area contributed by atoms with Crippen LogP contribution in [0.5, 0.6) is 0 Å². The average Bonchev–Trinajstić information content (AvgIpc) is 2.61. The molecule has 0 unspecified atom stereocenters. The molecule has 3 aromatic rings. The summed E-state index contributed by atoms with van der Waals surface area (Å²) in [5.74, 6) is 0. The molecule has 0 radical (unpaired) electrons. The maximum Gasteiger partial charge on any atom is 0.0205 e. The summed E-state index contributed by atoms with van der Waals surface area (Å²) in [7, 11) is 0. The van der Waals surface area contributed by atoms with Crippen LogP contribution in [0, 0.1) is 0 Å². The van der Waals surface area contributed by atoms with Crippen molar-refractivity contribution >= 4 is 0 Å². The van der Waals surface area contributed by atoms with Crippen molar-refractivity contribution in [2.75, 3.05) is 6.54 Å². The van der Waals surface area contributed by atoms with Crippen LogP contribution in [0.4, 0.5) is 0 Å². The van der Waals surface area contributed by atoms with Gasteiger partial charge in [-0.3, -0.25) is 0 Å². The molecule has 3 rings (SSSR count). The minimum Gasteiger partial charge on any atom is -0.312 e. The van der Waals surface area contributed by atoms with Gasteiger partial charge < -0.3 is 5.32 Å². The molecule has 0 heterocycles. The van der Waals surface area contributed by atoms with Crippen molar-refractivity contribution in [2.24, 2.45) is 0 Å². The fourth-order valence-electron chi connectivity index (χ4n) is 2.56. The highest BCUT2D eigenvalue weighted by Crippen LogP contribution is 2.19. The number of rotatable bonds is 6. The van der Waals surface area contributed by atoms with Crippen LogP contribution in [0.1, 0.15) is 11.1 Å². The highest BCUT2D eigenvalue weighted by molar-refractivity contribution is 5.63. The molecule has 0 atom stereocenters. The van der Waals surface area contributed by atoms with Crippen molar-refractivity contribution in [2.45, 2.75) is 13.0 Å². The van der Waals surface area contributed by atoms with Gasteiger partial charge in [-0.1, -0.05) is 84.9 Å². The predicted octanol–water partition coefficient (Wildman–Crippen LogP) is 4.69. The first kappa shape index (κ1) is 14.6. The van der Waals surface area contributed by atoms with Gasteiger partial charge in [-0.2, -0.15) is 0 Å². The molecule has 0 fully saturated rings. The largest absolute Gasteiger partial charge is 0.312 e. The fraction of sp³-hybridized carbons (Fsp3) is 0.143. The molecule has 1 heteroatoms. The van der Waals surface area contributed by atoms with Crippen LogP contribution in [0.25, 0.3) is 11.1 Å². The van der Waals surface area contributed by atoms with E-state index in [1.807, 2.05) is 0 Å². The predicted molar refractivity (Wildman–Crippen MR) is 93.7 cm³/mol. The molecule has 1 N–H and O–H groups in total. The van der Waals surface area contributed by atoms with Gasteiger partial charge in [0.1, 0.15) is 0 Å². The molecule has 3 aromatic carbocycles. The molecule has 0 spiro atoms. The Balaban J connectivity index is 1.49. The van der Waals surface area contributed by atoms with E-state index < -0.39 is 0 Å². The molecule has 110 valence electrons. The standard InChI is InChI=1S/C21H21N/c1-3-7-18(8-4-1)15-16-22-17-19-11-13-21(14-12-19)20-9-5-2-6-10-20/h1-14,22H,15-17H2. The molecule has 0 aliphatic heterocycles. The first-order chi connectivity index (χ1) is 10.9. The number of benzene rings is 3. The van der Waals surface area contributed by atoms with Crippen molar-refractivity contribution in [3.8, 4) is 11.1 Å². The van der Waals surface area contributed by atoms with Crippen LogP contribution in [-0.4, -0.2) is 6.54 Å². The summed E-state index contributed by atoms with van der Waals surface area (Å²) in [4.78, 5) is 0. The molecule has 0 saturated heterocycles. The third-order valence-electron chi connectivity index (χ3n) is 3.82. The summed E-state index contributed by atoms with van der Waals surface area (Å²) < 4.78 is 0. The third kappa shape index (κ3) is 4.06. The zero-order chi connectivity index (χ0) is 15.0. The van der Waals surface area contributed by atoms with Gasteiger partial charge in [0.25, 0.3) is 0 Å². The number of hydrogen-bond donors (Lipinski definition) is 1. The Morgan fingerprint density at radius 2 is 1.14 bits per heavy atom. The van der Waals surface area contributed by atoms with Crippen molar-refractivity contribution in [3.63, 3.8) is 0 Å². The monoisotopic (exact) mass is 287 g/mol. The third-order valence-corrected chi connectivity index (χ3v) is 3.82. The van der Waals surface area contributed by atoms with Gasteiger partial charge in [-0.15, -0.1) is 0 Å². The van der Waals surface area contributed by atoms with Crippen LogP contribution in [0.15, 0.2) is 84.9 Å². The van der Waals surface area contributed by atoms with E-state index in [2.05, 4.69) is 90.2 Å². The molecular formula is C21H21N. The van der Waals surface area contributed by atoms with Gasteiger partial charge in [0, 0.05) is 6.54 Å². The Labute approximate surface area is 132 Å². The van der Waals surface area contributed by atoms with Crippen molar-refractivity contribution in [1.29, 1.82) is 0 Å². The maximum absolute atomic E-state index is 3.51. The van der Waals surface area contributed by atoms with Crippen molar-refractivity contribution < 1.29 is 0 Å². The summed E-state index contributed by atoms with van der Waals surface area (Å²) >= 11 is 0. The van der Waals surface area contributed by atoms with E-state index in [1.54, 1.807) is 0 Å². The molecule has 0 saturated carbocycles. The summed E-state index contributed by atoms with van der Waals surface area (Å²) in [6, 6.07) is 29.9. The van der Waals surface area contributed by atoms with Crippen LogP contribution in [0.2, 0.25) is 0 Å². The van der Waals surface area contributed by atoms with Crippen molar-refractivity contribution in [3.05, 3.63) is 96.1 Å². The smallest absolute Gasteiger partial charge is 0.0205 e. The molecule has 1 nitrogen and oxygen atoms in total. The molecule has 0 aliphatic carbocycles. The highest BCUT2D eigenvalue weighted by atomic mass is 14.8. The van der Waals surface area contributed by atoms with E-state index >= 15 is 0 Å². The van der Waals surface area contributed by atoms with Gasteiger partial charge in [0.05, 0.1) is 0 Å². The van der Waals surface area contributed by atoms with E-state index in [0.717, 1.165) is 19.5 Å². The van der Waals surface area contributed by atoms with Crippen LogP contribution in [-0.2, 0) is 13.0 Å². The normalized spacial score (nSPS) is 10.5. The van der Waals surface area contributed by atoms with Gasteiger partial charge in [0.15, 0.2) is 0 Å². The average molecular weight is 287 g/mol. The molecular weight excluding hydrogens is 266 g/mol. The summed E-state index contributed by atoms with van der Waals surface area (Å²) in [6.07, 6.45) is 1.07. The Hall–Kier alpha value is -2.38. The Morgan fingerprint density at radius 3 is 1.82 bits per heavy atom. The number of hydrogen-bond acceptors (Lipinski definition) is 1. The second-order valence-electron chi connectivity index (χ2n) is 5.48. The first-order valence-corrected chi connectivity index (χ1v) is 7.81. The lowest BCUT2D eigenvalue weighted by atomic mass is 10.0. The Kier molecular flexibility index (Phi) is 5.01. The van der Waals surface area contributed by atoms with E-state index in [1.165, 1.54) is 22.3 Å². The van der Waals surface area contributed by atoms with Crippen LogP contribution >= 0.6 is 0 Å². The Bertz CT molecular complexity index is 672. The quantitative estimate of drug-likeness (QED) is 0.649. The van der Waals surface area contributed by atoms with Gasteiger partial charge in [0.2, 0.25) is 0 Å². The Morgan fingerprint density at radius 1 is 0.545 bits per heavy atom. The SMILES string of the molecule is c1ccc(CCNCc2ccc(-c3ccccc3)cc2)cc1. The highest BCUT2D eigenvalue weighted by Gasteiger charge is 1.98. The minimum absolute atomic E-state index is 0.919. The summed E-state index contributed by atoms with van der Waals surface area (Å²) in [5.41, 5.74) is 5.25. The van der Waals surface area contributed by atoms with Crippen LogP contribution < -0.4 is 5.32 Å². The second kappa shape index (κ2) is 7.58. The van der Waals surface area contributed by atoms with Gasteiger partial charge in [-0.05, 0) is 35.2 Å². The molecule has 0 amide bonds. The molecule has 22 heavy (non-hydrogen) atoms. The summed E-state index contributed by atoms with van der Waals surface area (Å²) in [6.45, 7) is 1.92. The van der Waals surface area contributed by atoms with E-state index in [-0.39, 0.29) is 0 Å². The minimum atomic E-state index is 0.919. The van der Waals surface area contributed by atoms with Crippen LogP contribution in [0.3, 0.4) is 0 Å². The van der Waals surface area contributed by atoms with Crippen molar-refractivity contribution in [1.82, 2.24) is 5.32 Å². The van der Waals surface area contributed by atoms with E-state index in [4.69, 9.17) is 0 Å². The zero-order valence-electron chi connectivity index (χ0n) is 12.7. The lowest BCUT2D eigenvalue weighted by Gasteiger charge is -2.07. The number of nitrogens with one attached hydrogen (secondary N) is 1. The summed E-state index contributed by atoms with van der Waals surface area (Å²) in [5, 5.41) is 3.51. The second-order valence-corrected chi connectivity index (χ2v) is 5.48. The topological polar surface area (TPSA) is 12.0 Å². The zero-order valence-corrected chi connectivity index (χ0v) is 12.7. The van der Waals surface area contributed by atoms with Gasteiger partial charge >= 0.3 is 0 Å². The lowest BCUT2D eigenvalue weighted by Crippen LogP contribution is -2.16. The molecule has 0 aliphatic rings. The molecule has 0 aromatic heterocycles. The van der Waals surface area contributed by atoms with Gasteiger partial charge in [-0.25, -0.2) is 0 Å². The first-order valence-electron chi connectivity index (χ1n) is 7.81. The van der Waals surface area contributed by atoms with E-state index in [0.29, 0.717) is 0 Å². The molecule has 0 bridgehead atoms.